The lowest BCUT2D eigenvalue weighted by Crippen LogP contribution is -2.49. The number of hydrogen-bond donors (Lipinski definition) is 2. The normalized spacial score (nSPS) is 31.8. The van der Waals surface area contributed by atoms with Crippen molar-refractivity contribution in [3.05, 3.63) is 29.8 Å². The van der Waals surface area contributed by atoms with E-state index in [0.29, 0.717) is 30.0 Å². The zero-order valence-corrected chi connectivity index (χ0v) is 13.3. The first-order valence-electron chi connectivity index (χ1n) is 7.90. The van der Waals surface area contributed by atoms with E-state index >= 15 is 0 Å². The molecule has 0 spiro atoms. The molecule has 4 heteroatoms. The quantitative estimate of drug-likeness (QED) is 0.838. The number of nitrogens with one attached hydrogen (secondary N) is 1. The fourth-order valence-corrected chi connectivity index (χ4v) is 3.82. The Kier molecular flexibility index (Phi) is 3.40. The van der Waals surface area contributed by atoms with Crippen molar-refractivity contribution < 1.29 is 14.7 Å². The highest BCUT2D eigenvalue weighted by Crippen LogP contribution is 2.49. The fraction of sp³-hybridized carbons (Fsp3) is 0.556. The molecule has 3 rings (SSSR count). The molecule has 2 aliphatic rings. The van der Waals surface area contributed by atoms with Crippen molar-refractivity contribution in [3.63, 3.8) is 0 Å². The molecule has 4 nitrogen and oxygen atoms in total. The minimum atomic E-state index is -1.72. The van der Waals surface area contributed by atoms with E-state index in [1.54, 1.807) is 18.2 Å². The first-order valence-corrected chi connectivity index (χ1v) is 7.90. The van der Waals surface area contributed by atoms with Gasteiger partial charge in [0.25, 0.3) is 5.91 Å². The van der Waals surface area contributed by atoms with Crippen molar-refractivity contribution in [1.29, 1.82) is 0 Å². The third-order valence-corrected chi connectivity index (χ3v) is 5.31. The highest BCUT2D eigenvalue weighted by Gasteiger charge is 2.55. The molecule has 2 N–H and O–H groups in total. The molecule has 0 unspecified atom stereocenters. The van der Waals surface area contributed by atoms with Crippen LogP contribution in [0.25, 0.3) is 0 Å². The van der Waals surface area contributed by atoms with Crippen LogP contribution in [0.2, 0.25) is 0 Å². The van der Waals surface area contributed by atoms with Crippen molar-refractivity contribution in [3.8, 4) is 0 Å². The van der Waals surface area contributed by atoms with Gasteiger partial charge in [0, 0.05) is 17.7 Å². The van der Waals surface area contributed by atoms with Gasteiger partial charge >= 0.3 is 0 Å². The highest BCUT2D eigenvalue weighted by molar-refractivity contribution is 6.08. The molecule has 0 bridgehead atoms. The Morgan fingerprint density at radius 2 is 1.91 bits per heavy atom. The van der Waals surface area contributed by atoms with Crippen LogP contribution in [0.15, 0.2) is 24.3 Å². The summed E-state index contributed by atoms with van der Waals surface area (Å²) in [6.07, 6.45) is 1.82. The highest BCUT2D eigenvalue weighted by atomic mass is 16.3. The van der Waals surface area contributed by atoms with E-state index in [4.69, 9.17) is 0 Å². The lowest BCUT2D eigenvalue weighted by molar-refractivity contribution is -0.153. The average molecular weight is 301 g/mol. The Labute approximate surface area is 130 Å². The van der Waals surface area contributed by atoms with Gasteiger partial charge in [-0.15, -0.1) is 0 Å². The van der Waals surface area contributed by atoms with Crippen LogP contribution in [0, 0.1) is 17.3 Å². The Morgan fingerprint density at radius 3 is 2.59 bits per heavy atom. The zero-order valence-electron chi connectivity index (χ0n) is 13.3. The summed E-state index contributed by atoms with van der Waals surface area (Å²) in [6.45, 7) is 6.45. The van der Waals surface area contributed by atoms with E-state index in [-0.39, 0.29) is 11.2 Å². The third kappa shape index (κ3) is 2.17. The maximum atomic E-state index is 12.5. The molecule has 22 heavy (non-hydrogen) atoms. The Balaban J connectivity index is 2.01. The number of anilines is 1. The second kappa shape index (κ2) is 4.92. The third-order valence-electron chi connectivity index (χ3n) is 5.31. The van der Waals surface area contributed by atoms with Crippen LogP contribution in [0.3, 0.4) is 0 Å². The largest absolute Gasteiger partial charge is 0.375 e. The standard InChI is InChI=1S/C18H23NO3/c1-17(2,3)11-8-9-15(20)13(10-11)18(22)12-6-4-5-7-14(12)19-16(18)21/h4-7,11,13,22H,8-10H2,1-3H3,(H,19,21)/t11-,13-,18+/m1/s1. The second-order valence-electron chi connectivity index (χ2n) is 7.62. The molecular formula is C18H23NO3. The second-order valence-corrected chi connectivity index (χ2v) is 7.62. The molecule has 1 heterocycles. The van der Waals surface area contributed by atoms with Gasteiger partial charge in [-0.05, 0) is 30.2 Å². The molecule has 3 atom stereocenters. The summed E-state index contributed by atoms with van der Waals surface area (Å²) in [5.74, 6) is -0.814. The summed E-state index contributed by atoms with van der Waals surface area (Å²) in [7, 11) is 0. The van der Waals surface area contributed by atoms with Gasteiger partial charge in [-0.1, -0.05) is 39.0 Å². The first-order chi connectivity index (χ1) is 10.2. The summed E-state index contributed by atoms with van der Waals surface area (Å²) in [5, 5.41) is 13.9. The van der Waals surface area contributed by atoms with E-state index in [9.17, 15) is 14.7 Å². The Hall–Kier alpha value is -1.68. The fourth-order valence-electron chi connectivity index (χ4n) is 3.82. The van der Waals surface area contributed by atoms with Gasteiger partial charge in [0.2, 0.25) is 0 Å². The molecule has 1 amide bonds. The molecule has 0 radical (unpaired) electrons. The van der Waals surface area contributed by atoms with E-state index < -0.39 is 17.4 Å². The number of fused-ring (bicyclic) bond motifs is 1. The van der Waals surface area contributed by atoms with E-state index in [1.807, 2.05) is 6.07 Å². The predicted molar refractivity (Wildman–Crippen MR) is 84.3 cm³/mol. The summed E-state index contributed by atoms with van der Waals surface area (Å²) >= 11 is 0. The SMILES string of the molecule is CC(C)(C)[C@@H]1CCC(=O)[C@H]([C@]2(O)C(=O)Nc3ccccc32)C1. The van der Waals surface area contributed by atoms with E-state index in [0.717, 1.165) is 6.42 Å². The minimum absolute atomic E-state index is 0.00477. The Bertz CT molecular complexity index is 631. The number of hydrogen-bond acceptors (Lipinski definition) is 3. The number of ketones is 1. The van der Waals surface area contributed by atoms with Gasteiger partial charge in [0.15, 0.2) is 5.60 Å². The number of para-hydroxylation sites is 1. The van der Waals surface area contributed by atoms with Crippen molar-refractivity contribution in [2.24, 2.45) is 17.3 Å². The molecule has 1 aromatic rings. The smallest absolute Gasteiger partial charge is 0.261 e. The van der Waals surface area contributed by atoms with Crippen LogP contribution in [-0.2, 0) is 15.2 Å². The first kappa shape index (κ1) is 15.2. The van der Waals surface area contributed by atoms with Crippen LogP contribution in [0.4, 0.5) is 5.69 Å². The minimum Gasteiger partial charge on any atom is -0.375 e. The number of carbonyl (C=O) groups excluding carboxylic acids is 2. The maximum absolute atomic E-state index is 12.5. The van der Waals surface area contributed by atoms with Gasteiger partial charge in [-0.25, -0.2) is 0 Å². The van der Waals surface area contributed by atoms with Crippen molar-refractivity contribution in [2.45, 2.75) is 45.6 Å². The summed E-state index contributed by atoms with van der Waals surface area (Å²) in [5.41, 5.74) is -0.518. The lowest BCUT2D eigenvalue weighted by atomic mass is 9.63. The molecule has 1 saturated carbocycles. The van der Waals surface area contributed by atoms with Crippen LogP contribution in [-0.4, -0.2) is 16.8 Å². The number of Topliss-reactive ketones (excluding diaryl/α,β-unsaturated/α-hetero) is 1. The monoisotopic (exact) mass is 301 g/mol. The number of carbonyl (C=O) groups is 2. The molecule has 1 aliphatic heterocycles. The van der Waals surface area contributed by atoms with Crippen LogP contribution in [0.5, 0.6) is 0 Å². The van der Waals surface area contributed by atoms with Crippen LogP contribution >= 0.6 is 0 Å². The summed E-state index contributed by atoms with van der Waals surface area (Å²) < 4.78 is 0. The molecule has 1 aromatic carbocycles. The summed E-state index contributed by atoms with van der Waals surface area (Å²) in [4.78, 5) is 24.9. The Morgan fingerprint density at radius 1 is 1.23 bits per heavy atom. The topological polar surface area (TPSA) is 66.4 Å². The van der Waals surface area contributed by atoms with Gasteiger partial charge in [0.1, 0.15) is 5.78 Å². The number of benzene rings is 1. The van der Waals surface area contributed by atoms with Gasteiger partial charge < -0.3 is 10.4 Å². The average Bonchev–Trinajstić information content (AvgIpc) is 2.71. The number of aliphatic hydroxyl groups is 1. The van der Waals surface area contributed by atoms with Crippen LogP contribution < -0.4 is 5.32 Å². The van der Waals surface area contributed by atoms with Crippen LogP contribution in [0.1, 0.15) is 45.6 Å². The molecule has 1 fully saturated rings. The van der Waals surface area contributed by atoms with Crippen molar-refractivity contribution in [2.75, 3.05) is 5.32 Å². The van der Waals surface area contributed by atoms with E-state index in [1.165, 1.54) is 0 Å². The zero-order chi connectivity index (χ0) is 16.1. The molecule has 0 aromatic heterocycles. The molecule has 1 aliphatic carbocycles. The maximum Gasteiger partial charge on any atom is 0.261 e. The van der Waals surface area contributed by atoms with Crippen molar-refractivity contribution in [1.82, 2.24) is 0 Å². The van der Waals surface area contributed by atoms with Gasteiger partial charge in [-0.2, -0.15) is 0 Å². The molecule has 118 valence electrons. The van der Waals surface area contributed by atoms with Gasteiger partial charge in [0.05, 0.1) is 5.92 Å². The lowest BCUT2D eigenvalue weighted by Gasteiger charge is -2.41. The number of amides is 1. The van der Waals surface area contributed by atoms with Gasteiger partial charge in [-0.3, -0.25) is 9.59 Å². The molecular weight excluding hydrogens is 278 g/mol. The predicted octanol–water partition coefficient (Wildman–Crippen LogP) is 2.86. The molecule has 0 saturated heterocycles. The summed E-state index contributed by atoms with van der Waals surface area (Å²) in [6, 6.07) is 7.10. The van der Waals surface area contributed by atoms with Crippen molar-refractivity contribution >= 4 is 17.4 Å². The van der Waals surface area contributed by atoms with E-state index in [2.05, 4.69) is 26.1 Å². The number of rotatable bonds is 1.